The van der Waals surface area contributed by atoms with Crippen molar-refractivity contribution in [3.05, 3.63) is 12.2 Å². The van der Waals surface area contributed by atoms with E-state index in [1.807, 2.05) is 0 Å². The number of ether oxygens (including phenoxy) is 1. The molecule has 1 rings (SSSR count). The predicted molar refractivity (Wildman–Crippen MR) is 102 cm³/mol. The molecular weight excluding hydrogens is 314 g/mol. The van der Waals surface area contributed by atoms with Crippen LogP contribution in [0.15, 0.2) is 12.2 Å². The molecule has 1 N–H and O–H groups in total. The minimum absolute atomic E-state index is 0.0457. The van der Waals surface area contributed by atoms with Crippen molar-refractivity contribution in [3.8, 4) is 0 Å². The molecule has 0 unspecified atom stereocenters. The fraction of sp³-hybridized carbons (Fsp3) is 0.810. The second kappa shape index (κ2) is 15.0. The van der Waals surface area contributed by atoms with Gasteiger partial charge in [0, 0.05) is 6.42 Å². The summed E-state index contributed by atoms with van der Waals surface area (Å²) >= 11 is 0. The molecule has 0 aromatic rings. The van der Waals surface area contributed by atoms with Gasteiger partial charge in [-0.15, -0.1) is 0 Å². The fourth-order valence-corrected chi connectivity index (χ4v) is 3.19. The van der Waals surface area contributed by atoms with E-state index < -0.39 is 6.04 Å². The van der Waals surface area contributed by atoms with Crippen molar-refractivity contribution in [2.75, 3.05) is 6.61 Å². The molecule has 144 valence electrons. The summed E-state index contributed by atoms with van der Waals surface area (Å²) in [4.78, 5) is 22.7. The lowest BCUT2D eigenvalue weighted by atomic mass is 10.1. The average molecular weight is 352 g/mol. The summed E-state index contributed by atoms with van der Waals surface area (Å²) in [5.74, 6) is -0.313. The van der Waals surface area contributed by atoms with Gasteiger partial charge in [0.1, 0.15) is 6.04 Å². The van der Waals surface area contributed by atoms with Gasteiger partial charge in [0.25, 0.3) is 0 Å². The topological polar surface area (TPSA) is 55.4 Å². The number of hydrogen-bond donors (Lipinski definition) is 1. The van der Waals surface area contributed by atoms with Crippen LogP contribution in [0, 0.1) is 0 Å². The molecule has 0 bridgehead atoms. The smallest absolute Gasteiger partial charge is 0.328 e. The number of hydrogen-bond acceptors (Lipinski definition) is 3. The molecular formula is C21H37NO3. The molecule has 1 saturated heterocycles. The van der Waals surface area contributed by atoms with Gasteiger partial charge >= 0.3 is 5.97 Å². The third kappa shape index (κ3) is 11.8. The minimum atomic E-state index is -0.407. The monoisotopic (exact) mass is 351 g/mol. The highest BCUT2D eigenvalue weighted by atomic mass is 16.5. The molecule has 25 heavy (non-hydrogen) atoms. The molecule has 0 aliphatic carbocycles. The van der Waals surface area contributed by atoms with E-state index in [0.29, 0.717) is 19.4 Å². The van der Waals surface area contributed by atoms with E-state index >= 15 is 0 Å². The summed E-state index contributed by atoms with van der Waals surface area (Å²) < 4.78 is 5.22. The summed E-state index contributed by atoms with van der Waals surface area (Å²) in [5.41, 5.74) is 0. The number of nitrogens with one attached hydrogen (secondary N) is 1. The molecule has 0 spiro atoms. The van der Waals surface area contributed by atoms with Crippen molar-refractivity contribution in [3.63, 3.8) is 0 Å². The molecule has 4 nitrogen and oxygen atoms in total. The van der Waals surface area contributed by atoms with Crippen LogP contribution < -0.4 is 5.32 Å². The highest BCUT2D eigenvalue weighted by Gasteiger charge is 2.28. The van der Waals surface area contributed by atoms with Crippen LogP contribution in [0.25, 0.3) is 0 Å². The maximum absolute atomic E-state index is 11.7. The van der Waals surface area contributed by atoms with Gasteiger partial charge in [0.15, 0.2) is 0 Å². The van der Waals surface area contributed by atoms with Crippen LogP contribution in [0.1, 0.15) is 96.8 Å². The molecule has 4 heteroatoms. The molecule has 1 amide bonds. The summed E-state index contributed by atoms with van der Waals surface area (Å²) in [7, 11) is 0. The maximum Gasteiger partial charge on any atom is 0.328 e. The van der Waals surface area contributed by atoms with Gasteiger partial charge in [0.05, 0.1) is 6.61 Å². The van der Waals surface area contributed by atoms with Gasteiger partial charge in [-0.1, -0.05) is 69.9 Å². The van der Waals surface area contributed by atoms with Gasteiger partial charge in [-0.3, -0.25) is 4.79 Å². The largest absolute Gasteiger partial charge is 0.464 e. The van der Waals surface area contributed by atoms with E-state index in [9.17, 15) is 9.59 Å². The lowest BCUT2D eigenvalue weighted by molar-refractivity contribution is -0.146. The van der Waals surface area contributed by atoms with Crippen molar-refractivity contribution in [2.24, 2.45) is 0 Å². The molecule has 1 heterocycles. The Bertz CT molecular complexity index is 393. The van der Waals surface area contributed by atoms with Crippen LogP contribution in [-0.2, 0) is 14.3 Å². The van der Waals surface area contributed by atoms with Crippen molar-refractivity contribution in [1.82, 2.24) is 5.32 Å². The first-order chi connectivity index (χ1) is 12.2. The van der Waals surface area contributed by atoms with Crippen molar-refractivity contribution >= 4 is 11.9 Å². The molecule has 1 atom stereocenters. The quantitative estimate of drug-likeness (QED) is 0.255. The summed E-state index contributed by atoms with van der Waals surface area (Å²) in [6.07, 6.45) is 20.7. The lowest BCUT2D eigenvalue weighted by Gasteiger charge is -2.09. The van der Waals surface area contributed by atoms with E-state index in [1.54, 1.807) is 0 Å². The molecule has 0 saturated carbocycles. The number of amides is 1. The number of esters is 1. The maximum atomic E-state index is 11.7. The second-order valence-electron chi connectivity index (χ2n) is 7.07. The Hall–Kier alpha value is -1.32. The zero-order valence-electron chi connectivity index (χ0n) is 16.1. The lowest BCUT2D eigenvalue weighted by Crippen LogP contribution is -2.34. The van der Waals surface area contributed by atoms with Gasteiger partial charge in [-0.25, -0.2) is 4.79 Å². The van der Waals surface area contributed by atoms with E-state index in [4.69, 9.17) is 4.74 Å². The third-order valence-corrected chi connectivity index (χ3v) is 4.77. The van der Waals surface area contributed by atoms with Gasteiger partial charge < -0.3 is 10.1 Å². The van der Waals surface area contributed by atoms with Crippen LogP contribution in [-0.4, -0.2) is 24.5 Å². The number of carbonyl (C=O) groups is 2. The zero-order chi connectivity index (χ0) is 18.2. The van der Waals surface area contributed by atoms with Crippen LogP contribution in [0.3, 0.4) is 0 Å². The third-order valence-electron chi connectivity index (χ3n) is 4.77. The molecule has 1 aliphatic heterocycles. The predicted octanol–water partition coefficient (Wildman–Crippen LogP) is 5.07. The Morgan fingerprint density at radius 1 is 1.00 bits per heavy atom. The number of rotatable bonds is 15. The Kier molecular flexibility index (Phi) is 13.0. The Balaban J connectivity index is 1.76. The van der Waals surface area contributed by atoms with Gasteiger partial charge in [-0.2, -0.15) is 0 Å². The van der Waals surface area contributed by atoms with Crippen LogP contribution in [0.2, 0.25) is 0 Å². The van der Waals surface area contributed by atoms with Crippen LogP contribution >= 0.6 is 0 Å². The molecule has 0 aromatic carbocycles. The highest BCUT2D eigenvalue weighted by molar-refractivity contribution is 5.87. The number of carbonyl (C=O) groups excluding carboxylic acids is 2. The first-order valence-electron chi connectivity index (χ1n) is 10.3. The van der Waals surface area contributed by atoms with Crippen molar-refractivity contribution in [2.45, 2.75) is 103 Å². The molecule has 0 radical (unpaired) electrons. The minimum Gasteiger partial charge on any atom is -0.464 e. The van der Waals surface area contributed by atoms with E-state index in [2.05, 4.69) is 24.4 Å². The molecule has 1 fully saturated rings. The highest BCUT2D eigenvalue weighted by Crippen LogP contribution is 2.13. The van der Waals surface area contributed by atoms with Crippen molar-refractivity contribution < 1.29 is 14.3 Å². The van der Waals surface area contributed by atoms with Crippen molar-refractivity contribution in [1.29, 1.82) is 0 Å². The zero-order valence-corrected chi connectivity index (χ0v) is 16.1. The summed E-state index contributed by atoms with van der Waals surface area (Å²) in [6.45, 7) is 2.57. The first-order valence-corrected chi connectivity index (χ1v) is 10.3. The normalized spacial score (nSPS) is 17.2. The molecule has 0 aromatic heterocycles. The van der Waals surface area contributed by atoms with Gasteiger partial charge in [0.2, 0.25) is 5.91 Å². The van der Waals surface area contributed by atoms with E-state index in [-0.39, 0.29) is 11.9 Å². The Labute approximate surface area is 153 Å². The van der Waals surface area contributed by atoms with E-state index in [1.165, 1.54) is 64.2 Å². The Morgan fingerprint density at radius 2 is 1.56 bits per heavy atom. The van der Waals surface area contributed by atoms with Gasteiger partial charge in [-0.05, 0) is 32.6 Å². The second-order valence-corrected chi connectivity index (χ2v) is 7.07. The SMILES string of the molecule is C/C=C/CCCCCCCCCCCCCOC(=O)[C@@H]1CCC(=O)N1. The molecule has 1 aliphatic rings. The van der Waals surface area contributed by atoms with Crippen LogP contribution in [0.4, 0.5) is 0 Å². The average Bonchev–Trinajstić information content (AvgIpc) is 3.04. The number of allylic oxidation sites excluding steroid dienone is 2. The van der Waals surface area contributed by atoms with E-state index in [0.717, 1.165) is 12.8 Å². The summed E-state index contributed by atoms with van der Waals surface area (Å²) in [6, 6.07) is -0.407. The first kappa shape index (κ1) is 21.7. The van der Waals surface area contributed by atoms with Crippen LogP contribution in [0.5, 0.6) is 0 Å². The standard InChI is InChI=1S/C21H37NO3/c1-2-3-4-5-6-7-8-9-10-11-12-13-14-15-18-25-21(24)19-16-17-20(23)22-19/h2-3,19H,4-18H2,1H3,(H,22,23)/b3-2+/t19-/m0/s1. The fourth-order valence-electron chi connectivity index (χ4n) is 3.19. The number of unbranched alkanes of at least 4 members (excludes halogenated alkanes) is 11. The summed E-state index contributed by atoms with van der Waals surface area (Å²) in [5, 5.41) is 2.64. The Morgan fingerprint density at radius 3 is 2.08 bits per heavy atom.